The van der Waals surface area contributed by atoms with E-state index in [4.69, 9.17) is 25.1 Å². The van der Waals surface area contributed by atoms with E-state index in [-0.39, 0.29) is 40.7 Å². The molecule has 0 amide bonds. The molecule has 5 N–H and O–H groups in total. The molecule has 1 fully saturated rings. The number of benzene rings is 7. The molecule has 1 atom stereocenters. The number of sulfonamides is 2. The number of para-hydroxylation sites is 4. The zero-order chi connectivity index (χ0) is 54.8. The van der Waals surface area contributed by atoms with Gasteiger partial charge in [-0.2, -0.15) is 0 Å². The zero-order valence-corrected chi connectivity index (χ0v) is 44.5. The number of fused-ring (bicyclic) bond motifs is 4. The van der Waals surface area contributed by atoms with E-state index in [1.807, 2.05) is 109 Å². The monoisotopic (exact) mass is 1080 g/mol. The van der Waals surface area contributed by atoms with Gasteiger partial charge in [-0.15, -0.1) is 0 Å². The molecule has 7 aromatic carbocycles. The van der Waals surface area contributed by atoms with Crippen LogP contribution in [0.3, 0.4) is 0 Å². The van der Waals surface area contributed by atoms with Crippen molar-refractivity contribution in [2.75, 3.05) is 66.7 Å². The highest BCUT2D eigenvalue weighted by atomic mass is 32.2. The Hall–Kier alpha value is -8.03. The number of carbonyl (C=O) groups excluding carboxylic acids is 2. The summed E-state index contributed by atoms with van der Waals surface area (Å²) in [6, 6.07) is 54.1. The van der Waals surface area contributed by atoms with Gasteiger partial charge in [-0.25, -0.2) is 16.8 Å². The van der Waals surface area contributed by atoms with Crippen molar-refractivity contribution >= 4 is 60.3 Å². The summed E-state index contributed by atoms with van der Waals surface area (Å²) in [5.41, 5.74) is 11.0. The summed E-state index contributed by atoms with van der Waals surface area (Å²) in [7, 11) is -4.27. The third-order valence-electron chi connectivity index (χ3n) is 12.8. The van der Waals surface area contributed by atoms with Crippen LogP contribution >= 0.6 is 0 Å². The first-order chi connectivity index (χ1) is 37.2. The molecule has 11 rings (SSSR count). The van der Waals surface area contributed by atoms with Crippen molar-refractivity contribution in [1.82, 2.24) is 5.32 Å². The first-order valence-corrected chi connectivity index (χ1v) is 27.9. The van der Waals surface area contributed by atoms with E-state index in [0.717, 1.165) is 48.4 Å². The van der Waals surface area contributed by atoms with Crippen LogP contribution in [0.2, 0.25) is 0 Å². The van der Waals surface area contributed by atoms with Crippen molar-refractivity contribution in [3.05, 3.63) is 204 Å². The fourth-order valence-electron chi connectivity index (χ4n) is 8.91. The molecule has 16 nitrogen and oxygen atoms in total. The molecule has 77 heavy (non-hydrogen) atoms. The molecule has 0 bridgehead atoms. The number of hydrogen-bond donors (Lipinski definition) is 4. The number of ether oxygens (including phenoxy) is 3. The fourth-order valence-corrected chi connectivity index (χ4v) is 11.9. The first kappa shape index (κ1) is 56.7. The maximum atomic E-state index is 13.2. The Morgan fingerprint density at radius 3 is 1.69 bits per heavy atom. The number of ketones is 2. The number of nitrogens with one attached hydrogen (secondary N) is 2. The number of nitrogens with zero attached hydrogens (tertiary/aromatic N) is 2. The number of aryl methyl sites for hydroxylation is 1. The highest BCUT2D eigenvalue weighted by Crippen LogP contribution is 2.43. The molecule has 1 unspecified atom stereocenters. The molecule has 0 saturated carbocycles. The average molecular weight is 1080 g/mol. The third-order valence-corrected chi connectivity index (χ3v) is 16.5. The van der Waals surface area contributed by atoms with Crippen LogP contribution in [0.4, 0.5) is 22.7 Å². The van der Waals surface area contributed by atoms with E-state index in [9.17, 15) is 31.2 Å². The lowest BCUT2D eigenvalue weighted by molar-refractivity contribution is -0.137. The van der Waals surface area contributed by atoms with Crippen LogP contribution in [0.5, 0.6) is 11.5 Å². The van der Waals surface area contributed by atoms with Crippen molar-refractivity contribution in [3.8, 4) is 11.5 Å². The fraction of sp³-hybridized carbons (Fsp3) is 0.237. The van der Waals surface area contributed by atoms with Gasteiger partial charge < -0.3 is 30.4 Å². The van der Waals surface area contributed by atoms with E-state index in [0.29, 0.717) is 54.4 Å². The normalized spacial score (nSPS) is 16.1. The van der Waals surface area contributed by atoms with Gasteiger partial charge in [-0.1, -0.05) is 91.0 Å². The average Bonchev–Trinajstić information content (AvgIpc) is 3.96. The lowest BCUT2D eigenvalue weighted by Gasteiger charge is -2.40. The molecule has 7 aromatic rings. The number of rotatable bonds is 10. The lowest BCUT2D eigenvalue weighted by Crippen LogP contribution is -2.48. The predicted octanol–water partition coefficient (Wildman–Crippen LogP) is 9.59. The predicted molar refractivity (Wildman–Crippen MR) is 299 cm³/mol. The van der Waals surface area contributed by atoms with Crippen molar-refractivity contribution < 1.29 is 50.5 Å². The molecule has 402 valence electrons. The maximum absolute atomic E-state index is 13.2. The summed E-state index contributed by atoms with van der Waals surface area (Å²) in [4.78, 5) is 33.8. The number of nitrogens with two attached hydrogens (primary N) is 1. The number of methoxy groups -OCH3 is 2. The Morgan fingerprint density at radius 1 is 0.623 bits per heavy atom. The first-order valence-electron chi connectivity index (χ1n) is 25.0. The minimum absolute atomic E-state index is 0.0308. The van der Waals surface area contributed by atoms with Crippen LogP contribution < -0.4 is 34.5 Å². The minimum atomic E-state index is -3.70. The number of carboxylic acids is 1. The van der Waals surface area contributed by atoms with Crippen LogP contribution in [0.15, 0.2) is 192 Å². The minimum Gasteiger partial charge on any atom is -0.497 e. The number of hydrogen-bond acceptors (Lipinski definition) is 13. The highest BCUT2D eigenvalue weighted by Gasteiger charge is 2.45. The molecule has 1 spiro atoms. The number of carboxylic acid groups (broad SMARTS) is 1. The van der Waals surface area contributed by atoms with E-state index >= 15 is 0 Å². The van der Waals surface area contributed by atoms with Crippen LogP contribution in [0.1, 0.15) is 63.9 Å². The summed E-state index contributed by atoms with van der Waals surface area (Å²) in [6.45, 7) is 2.68. The number of aliphatic carboxylic acids is 1. The second-order valence-corrected chi connectivity index (χ2v) is 21.6. The number of anilines is 4. The van der Waals surface area contributed by atoms with E-state index in [2.05, 4.69) is 10.6 Å². The molecule has 4 aliphatic rings. The zero-order valence-electron chi connectivity index (χ0n) is 42.9. The van der Waals surface area contributed by atoms with Gasteiger partial charge in [0.2, 0.25) is 0 Å². The van der Waals surface area contributed by atoms with Gasteiger partial charge in [-0.3, -0.25) is 28.3 Å². The highest BCUT2D eigenvalue weighted by molar-refractivity contribution is 7.93. The maximum Gasteiger partial charge on any atom is 0.303 e. The molecular weight excluding hydrogens is 1020 g/mol. The Balaban J connectivity index is 0.000000150. The molecule has 0 aliphatic carbocycles. The standard InChI is InChI=1S/C18H20N2O4S.C16H15NO4S.C10H12O2.C9H9NO.C6H7N/c1-23-14-6-8-15(9-7-14)25(21,22)20-12-10-18(19-11-13-24-18)16-4-2-3-5-17(16)20;1-21-12-6-8-13(9-7-12)22(19,20)17-11-10-16(18)14-4-2-3-5-15(14)17;11-10(12)8-4-7-9-5-2-1-3-6-9;11-9-5-6-10-8-4-2-1-3-7(8)9;7-6-4-2-1-3-5-6/h2-9,19H,10-13H2,1H3;2-9H,10-11H2,1H3;1-3,5-6H,4,7-8H2,(H,11,12);1-4,10H,5-6H2;1-5H,7H2. The topological polar surface area (TPSA) is 224 Å². The summed E-state index contributed by atoms with van der Waals surface area (Å²) < 4.78 is 70.9. The van der Waals surface area contributed by atoms with E-state index in [1.165, 1.54) is 33.4 Å². The van der Waals surface area contributed by atoms with Gasteiger partial charge in [0.05, 0.1) is 42.0 Å². The molecular formula is C59H63N5O11S2. The van der Waals surface area contributed by atoms with Gasteiger partial charge in [0, 0.05) is 79.9 Å². The molecule has 0 radical (unpaired) electrons. The van der Waals surface area contributed by atoms with Crippen LogP contribution in [0.25, 0.3) is 0 Å². The number of carbonyl (C=O) groups is 3. The van der Waals surface area contributed by atoms with Gasteiger partial charge in [0.15, 0.2) is 11.6 Å². The van der Waals surface area contributed by atoms with Gasteiger partial charge in [-0.05, 0) is 109 Å². The second-order valence-electron chi connectivity index (χ2n) is 17.9. The van der Waals surface area contributed by atoms with Crippen LogP contribution in [-0.2, 0) is 41.7 Å². The molecule has 0 aromatic heterocycles. The van der Waals surface area contributed by atoms with Gasteiger partial charge >= 0.3 is 5.97 Å². The van der Waals surface area contributed by atoms with Gasteiger partial charge in [0.25, 0.3) is 20.0 Å². The summed E-state index contributed by atoms with van der Waals surface area (Å²) in [6.07, 6.45) is 3.21. The van der Waals surface area contributed by atoms with Crippen LogP contribution in [-0.4, -0.2) is 86.5 Å². The van der Waals surface area contributed by atoms with Crippen molar-refractivity contribution in [1.29, 1.82) is 0 Å². The summed E-state index contributed by atoms with van der Waals surface area (Å²) >= 11 is 0. The SMILES string of the molecule is COc1ccc(S(=O)(=O)N2CCC(=O)c3ccccc32)cc1.COc1ccc(S(=O)(=O)N2CCC3(NCCO3)c3ccccc32)cc1.Nc1ccccc1.O=C(O)CCCc1ccccc1.O=C1CCNc2ccccc21. The van der Waals surface area contributed by atoms with E-state index in [1.54, 1.807) is 67.8 Å². The Morgan fingerprint density at radius 2 is 1.14 bits per heavy atom. The van der Waals surface area contributed by atoms with E-state index < -0.39 is 31.7 Å². The molecule has 4 heterocycles. The quantitative estimate of drug-likeness (QED) is 0.0937. The molecule has 18 heteroatoms. The Bertz CT molecular complexity index is 3300. The summed E-state index contributed by atoms with van der Waals surface area (Å²) in [5, 5.41) is 15.0. The van der Waals surface area contributed by atoms with Crippen LogP contribution in [0, 0.1) is 0 Å². The largest absolute Gasteiger partial charge is 0.497 e. The second kappa shape index (κ2) is 26.6. The Labute approximate surface area is 450 Å². The number of nitrogen functional groups attached to an aromatic ring is 1. The van der Waals surface area contributed by atoms with Crippen molar-refractivity contribution in [3.63, 3.8) is 0 Å². The lowest BCUT2D eigenvalue weighted by atomic mass is 9.94. The van der Waals surface area contributed by atoms with Gasteiger partial charge in [0.1, 0.15) is 17.2 Å². The van der Waals surface area contributed by atoms with Crippen molar-refractivity contribution in [2.45, 2.75) is 54.0 Å². The smallest absolute Gasteiger partial charge is 0.303 e. The number of Topliss-reactive ketones (excluding diaryl/α,β-unsaturated/α-hetero) is 2. The Kier molecular flexibility index (Phi) is 19.6. The van der Waals surface area contributed by atoms with Crippen molar-refractivity contribution in [2.24, 2.45) is 0 Å². The molecule has 4 aliphatic heterocycles. The summed E-state index contributed by atoms with van der Waals surface area (Å²) in [5.74, 6) is 0.718. The molecule has 1 saturated heterocycles. The third kappa shape index (κ3) is 14.5.